The van der Waals surface area contributed by atoms with Gasteiger partial charge in [0.2, 0.25) is 3.42 Å². The summed E-state index contributed by atoms with van der Waals surface area (Å²) in [4.78, 5) is 21.2. The van der Waals surface area contributed by atoms with Crippen molar-refractivity contribution in [2.24, 2.45) is 0 Å². The first-order valence-electron chi connectivity index (χ1n) is 3.81. The Labute approximate surface area is 113 Å². The van der Waals surface area contributed by atoms with Crippen molar-refractivity contribution in [1.29, 1.82) is 0 Å². The summed E-state index contributed by atoms with van der Waals surface area (Å²) < 4.78 is 8.51. The predicted molar refractivity (Wildman–Crippen MR) is 66.0 cm³/mol. The molecule has 0 heterocycles. The van der Waals surface area contributed by atoms with Crippen LogP contribution in [0.5, 0.6) is 0 Å². The molecule has 4 nitrogen and oxygen atoms in total. The highest BCUT2D eigenvalue weighted by molar-refractivity contribution is 9.25. The fourth-order valence-corrected chi connectivity index (χ4v) is 1.79. The van der Waals surface area contributed by atoms with E-state index in [-0.39, 0.29) is 0 Å². The van der Waals surface area contributed by atoms with Gasteiger partial charge in [-0.05, 0) is 59.9 Å². The topological polar surface area (TPSA) is 52.6 Å². The molecule has 0 aliphatic heterocycles. The Kier molecular flexibility index (Phi) is 6.70. The lowest BCUT2D eigenvalue weighted by atomic mass is 10.5. The van der Waals surface area contributed by atoms with E-state index in [2.05, 4.69) is 47.8 Å². The third kappa shape index (κ3) is 9.07. The minimum absolute atomic E-state index is 0.413. The molecule has 0 fully saturated rings. The van der Waals surface area contributed by atoms with Crippen LogP contribution in [-0.4, -0.2) is 20.4 Å². The highest BCUT2D eigenvalue weighted by atomic mass is 79.9. The van der Waals surface area contributed by atoms with Crippen molar-refractivity contribution in [2.75, 3.05) is 0 Å². The van der Waals surface area contributed by atoms with Gasteiger partial charge < -0.3 is 9.47 Å². The molecule has 0 aromatic rings. The summed E-state index contributed by atoms with van der Waals surface area (Å²) in [7, 11) is 0. The zero-order valence-corrected chi connectivity index (χ0v) is 12.8. The van der Waals surface area contributed by atoms with Gasteiger partial charge in [-0.25, -0.2) is 0 Å². The Morgan fingerprint density at radius 1 is 1.27 bits per heavy atom. The lowest BCUT2D eigenvalue weighted by Gasteiger charge is -2.16. The van der Waals surface area contributed by atoms with Crippen molar-refractivity contribution in [3.63, 3.8) is 0 Å². The molecule has 0 aromatic heterocycles. The molecular formula is C8H9Br3O4. The summed E-state index contributed by atoms with van der Waals surface area (Å²) in [5.74, 6) is -0.865. The Bertz CT molecular complexity index is 275. The second-order valence-electron chi connectivity index (χ2n) is 2.48. The van der Waals surface area contributed by atoms with Gasteiger partial charge in [0.1, 0.15) is 0 Å². The maximum absolute atomic E-state index is 10.7. The van der Waals surface area contributed by atoms with E-state index in [4.69, 9.17) is 9.47 Å². The van der Waals surface area contributed by atoms with Crippen molar-refractivity contribution in [3.05, 3.63) is 12.2 Å². The summed E-state index contributed by atoms with van der Waals surface area (Å²) in [6.45, 7) is 2.58. The SMILES string of the molecule is CC(=O)OC(Br)C=CC(Br)(Br)OC(C)=O. The predicted octanol–water partition coefficient (Wildman–Crippen LogP) is 2.83. The molecule has 0 rings (SSSR count). The molecule has 0 bridgehead atoms. The van der Waals surface area contributed by atoms with Gasteiger partial charge in [-0.1, -0.05) is 0 Å². The molecule has 0 spiro atoms. The molecule has 0 amide bonds. The van der Waals surface area contributed by atoms with E-state index in [9.17, 15) is 9.59 Å². The van der Waals surface area contributed by atoms with E-state index in [1.165, 1.54) is 26.0 Å². The number of hydrogen-bond donors (Lipinski definition) is 0. The quantitative estimate of drug-likeness (QED) is 0.408. The van der Waals surface area contributed by atoms with Crippen LogP contribution in [0.15, 0.2) is 12.2 Å². The van der Waals surface area contributed by atoms with Gasteiger partial charge in [0.05, 0.1) is 0 Å². The van der Waals surface area contributed by atoms with Crippen molar-refractivity contribution < 1.29 is 19.1 Å². The van der Waals surface area contributed by atoms with Crippen LogP contribution in [0.25, 0.3) is 0 Å². The molecule has 0 radical (unpaired) electrons. The molecule has 0 aliphatic carbocycles. The normalized spacial score (nSPS) is 13.7. The number of alkyl halides is 3. The van der Waals surface area contributed by atoms with E-state index in [1.54, 1.807) is 0 Å². The maximum atomic E-state index is 10.7. The van der Waals surface area contributed by atoms with Crippen LogP contribution >= 0.6 is 47.8 Å². The number of esters is 2. The highest BCUT2D eigenvalue weighted by Crippen LogP contribution is 2.30. The first kappa shape index (κ1) is 15.1. The molecule has 0 aromatic carbocycles. The van der Waals surface area contributed by atoms with E-state index < -0.39 is 20.4 Å². The minimum atomic E-state index is -1.09. The first-order chi connectivity index (χ1) is 6.73. The maximum Gasteiger partial charge on any atom is 0.304 e. The van der Waals surface area contributed by atoms with Crippen LogP contribution in [0.2, 0.25) is 0 Å². The number of carbonyl (C=O) groups excluding carboxylic acids is 2. The third-order valence-electron chi connectivity index (χ3n) is 1.000. The number of halogens is 3. The van der Waals surface area contributed by atoms with Crippen molar-refractivity contribution in [2.45, 2.75) is 22.3 Å². The number of hydrogen-bond acceptors (Lipinski definition) is 4. The zero-order valence-electron chi connectivity index (χ0n) is 8.00. The highest BCUT2D eigenvalue weighted by Gasteiger charge is 2.22. The van der Waals surface area contributed by atoms with Crippen LogP contribution in [0.4, 0.5) is 0 Å². The van der Waals surface area contributed by atoms with Gasteiger partial charge in [0.15, 0.2) is 5.01 Å². The van der Waals surface area contributed by atoms with Crippen molar-refractivity contribution in [3.8, 4) is 0 Å². The van der Waals surface area contributed by atoms with Gasteiger partial charge in [0.25, 0.3) is 0 Å². The van der Waals surface area contributed by atoms with Gasteiger partial charge in [-0.3, -0.25) is 9.59 Å². The zero-order chi connectivity index (χ0) is 12.1. The van der Waals surface area contributed by atoms with Crippen molar-refractivity contribution in [1.82, 2.24) is 0 Å². The van der Waals surface area contributed by atoms with E-state index in [1.807, 2.05) is 0 Å². The monoisotopic (exact) mass is 406 g/mol. The molecule has 0 N–H and O–H groups in total. The van der Waals surface area contributed by atoms with E-state index in [0.717, 1.165) is 0 Å². The Morgan fingerprint density at radius 2 is 1.80 bits per heavy atom. The Morgan fingerprint density at radius 3 is 2.20 bits per heavy atom. The van der Waals surface area contributed by atoms with Crippen molar-refractivity contribution >= 4 is 59.7 Å². The second-order valence-corrected chi connectivity index (χ2v) is 6.80. The Balaban J connectivity index is 4.24. The van der Waals surface area contributed by atoms with Crippen LogP contribution in [0, 0.1) is 0 Å². The van der Waals surface area contributed by atoms with Crippen LogP contribution in [0.1, 0.15) is 13.8 Å². The summed E-state index contributed by atoms with van der Waals surface area (Å²) in [5.41, 5.74) is 0. The number of ether oxygens (including phenoxy) is 2. The molecule has 15 heavy (non-hydrogen) atoms. The molecule has 0 saturated carbocycles. The van der Waals surface area contributed by atoms with Crippen LogP contribution in [0.3, 0.4) is 0 Å². The fraction of sp³-hybridized carbons (Fsp3) is 0.500. The summed E-state index contributed by atoms with van der Waals surface area (Å²) in [6.07, 6.45) is 2.99. The molecular weight excluding hydrogens is 400 g/mol. The molecule has 7 heteroatoms. The second kappa shape index (κ2) is 6.65. The molecule has 0 saturated heterocycles. The Hall–Kier alpha value is 0.120. The fourth-order valence-electron chi connectivity index (χ4n) is 0.611. The molecule has 1 atom stereocenters. The lowest BCUT2D eigenvalue weighted by Crippen LogP contribution is -2.17. The molecule has 1 unspecified atom stereocenters. The van der Waals surface area contributed by atoms with Gasteiger partial charge in [-0.15, -0.1) is 0 Å². The van der Waals surface area contributed by atoms with Gasteiger partial charge >= 0.3 is 11.9 Å². The molecule has 86 valence electrons. The average Bonchev–Trinajstić information content (AvgIpc) is 1.97. The largest absolute Gasteiger partial charge is 0.447 e. The molecule has 0 aliphatic rings. The average molecular weight is 409 g/mol. The number of rotatable bonds is 4. The summed E-state index contributed by atoms with van der Waals surface area (Å²) in [5, 5.41) is -0.569. The van der Waals surface area contributed by atoms with E-state index in [0.29, 0.717) is 0 Å². The van der Waals surface area contributed by atoms with Gasteiger partial charge in [0, 0.05) is 13.8 Å². The third-order valence-corrected chi connectivity index (χ3v) is 2.34. The summed E-state index contributed by atoms with van der Waals surface area (Å²) >= 11 is 9.29. The lowest BCUT2D eigenvalue weighted by molar-refractivity contribution is -0.142. The summed E-state index contributed by atoms with van der Waals surface area (Å²) in [6, 6.07) is 0. The smallest absolute Gasteiger partial charge is 0.304 e. The standard InChI is InChI=1S/C8H9Br3O4/c1-5(12)14-7(9)3-4-8(10,11)15-6(2)13/h3-4,7H,1-2H3. The minimum Gasteiger partial charge on any atom is -0.447 e. The van der Waals surface area contributed by atoms with Crippen LogP contribution < -0.4 is 0 Å². The van der Waals surface area contributed by atoms with Gasteiger partial charge in [-0.2, -0.15) is 0 Å². The van der Waals surface area contributed by atoms with E-state index >= 15 is 0 Å². The first-order valence-corrected chi connectivity index (χ1v) is 6.31. The number of carbonyl (C=O) groups is 2. The van der Waals surface area contributed by atoms with Crippen LogP contribution in [-0.2, 0) is 19.1 Å².